The molecule has 1 heterocycles. The molecule has 2 unspecified atom stereocenters. The minimum atomic E-state index is -1.34. The highest BCUT2D eigenvalue weighted by Crippen LogP contribution is 2.66. The molecule has 0 radical (unpaired) electrons. The highest BCUT2D eigenvalue weighted by atomic mass is 79.9. The van der Waals surface area contributed by atoms with Crippen LogP contribution < -0.4 is 5.73 Å². The van der Waals surface area contributed by atoms with Gasteiger partial charge in [-0.2, -0.15) is 0 Å². The summed E-state index contributed by atoms with van der Waals surface area (Å²) in [5, 5.41) is 9.90. The van der Waals surface area contributed by atoms with Crippen LogP contribution in [0, 0.1) is 11.7 Å². The van der Waals surface area contributed by atoms with Gasteiger partial charge in [-0.15, -0.1) is 0 Å². The van der Waals surface area contributed by atoms with Crippen molar-refractivity contribution in [1.29, 1.82) is 0 Å². The van der Waals surface area contributed by atoms with Crippen LogP contribution in [0.2, 0.25) is 25.7 Å². The number of primary amides is 1. The molecule has 1 aliphatic carbocycles. The van der Waals surface area contributed by atoms with Crippen LogP contribution in [0.1, 0.15) is 18.9 Å². The van der Waals surface area contributed by atoms with Crippen molar-refractivity contribution < 1.29 is 23.8 Å². The monoisotopic (exact) mass is 531 g/mol. The SMILES string of the molecule is C[C@]1(c2cc(Br)ccc2F)N=C(N(COCC[Si](C)(C)C)C(=O)O)SC2(C(N)=O)CC21. The third-order valence-corrected chi connectivity index (χ3v) is 9.47. The zero-order valence-electron chi connectivity index (χ0n) is 17.9. The molecule has 7 nitrogen and oxygen atoms in total. The standard InChI is InChI=1S/C20H27BrFN3O4SSi/c1-19(13-9-12(21)5-6-14(13)22)15-10-20(15,16(23)26)30-17(24-19)25(18(27)28)11-29-7-8-31(2,3)4/h5-6,9,15H,7-8,10-11H2,1-4H3,(H2,23,26)(H,27,28)/t15?,19-,20?/m1/s1. The van der Waals surface area contributed by atoms with E-state index in [-0.39, 0.29) is 23.4 Å². The van der Waals surface area contributed by atoms with E-state index in [1.54, 1.807) is 19.1 Å². The Morgan fingerprint density at radius 2 is 2.13 bits per heavy atom. The Hall–Kier alpha value is -1.43. The van der Waals surface area contributed by atoms with Gasteiger partial charge >= 0.3 is 6.09 Å². The molecule has 0 aromatic heterocycles. The largest absolute Gasteiger partial charge is 0.465 e. The number of ether oxygens (including phenoxy) is 1. The second-order valence-corrected chi connectivity index (χ2v) is 17.2. The van der Waals surface area contributed by atoms with Gasteiger partial charge in [-0.25, -0.2) is 14.1 Å². The number of rotatable bonds is 7. The van der Waals surface area contributed by atoms with Crippen LogP contribution in [-0.4, -0.2) is 53.3 Å². The third-order valence-electron chi connectivity index (χ3n) is 5.76. The molecule has 3 rings (SSSR count). The second-order valence-electron chi connectivity index (χ2n) is 9.34. The van der Waals surface area contributed by atoms with Crippen molar-refractivity contribution in [3.63, 3.8) is 0 Å². The third kappa shape index (κ3) is 4.84. The molecule has 0 spiro atoms. The first-order chi connectivity index (χ1) is 14.3. The molecule has 1 aromatic rings. The van der Waals surface area contributed by atoms with Crippen molar-refractivity contribution in [1.82, 2.24) is 4.90 Å². The van der Waals surface area contributed by atoms with E-state index in [9.17, 15) is 19.1 Å². The van der Waals surface area contributed by atoms with Crippen LogP contribution in [0.4, 0.5) is 9.18 Å². The fraction of sp³-hybridized carbons (Fsp3) is 0.550. The van der Waals surface area contributed by atoms with Crippen LogP contribution in [0.25, 0.3) is 0 Å². The Labute approximate surface area is 194 Å². The minimum absolute atomic E-state index is 0.0925. The molecule has 3 N–H and O–H groups in total. The summed E-state index contributed by atoms with van der Waals surface area (Å²) in [5.74, 6) is -1.36. The molecule has 31 heavy (non-hydrogen) atoms. The van der Waals surface area contributed by atoms with Gasteiger partial charge in [0, 0.05) is 30.6 Å². The normalized spacial score (nSPS) is 27.3. The van der Waals surface area contributed by atoms with Gasteiger partial charge in [0.05, 0.1) is 5.54 Å². The Morgan fingerprint density at radius 1 is 1.45 bits per heavy atom. The average Bonchev–Trinajstić information content (AvgIpc) is 3.39. The second kappa shape index (κ2) is 8.49. The van der Waals surface area contributed by atoms with E-state index in [0.29, 0.717) is 17.5 Å². The molecule has 1 saturated carbocycles. The highest BCUT2D eigenvalue weighted by Gasteiger charge is 2.70. The van der Waals surface area contributed by atoms with Gasteiger partial charge in [-0.05, 0) is 37.6 Å². The van der Waals surface area contributed by atoms with Crippen LogP contribution in [0.3, 0.4) is 0 Å². The van der Waals surface area contributed by atoms with E-state index in [4.69, 9.17) is 10.5 Å². The lowest BCUT2D eigenvalue weighted by Gasteiger charge is -2.36. The molecule has 1 aliphatic heterocycles. The topological polar surface area (TPSA) is 105 Å². The van der Waals surface area contributed by atoms with E-state index in [1.807, 2.05) is 0 Å². The molecule has 170 valence electrons. The zero-order valence-corrected chi connectivity index (χ0v) is 21.3. The molecule has 0 saturated heterocycles. The Kier molecular flexibility index (Phi) is 6.63. The summed E-state index contributed by atoms with van der Waals surface area (Å²) in [5.41, 5.74) is 4.85. The van der Waals surface area contributed by atoms with Crippen LogP contribution in [-0.2, 0) is 15.1 Å². The quantitative estimate of drug-likeness (QED) is 0.307. The number of hydrogen-bond donors (Lipinski definition) is 2. The average molecular weight is 533 g/mol. The molecule has 3 atom stereocenters. The maximum atomic E-state index is 14.8. The van der Waals surface area contributed by atoms with Gasteiger partial charge in [0.2, 0.25) is 5.91 Å². The van der Waals surface area contributed by atoms with Crippen molar-refractivity contribution in [3.8, 4) is 0 Å². The molecule has 2 aliphatic rings. The number of amides is 2. The van der Waals surface area contributed by atoms with Crippen molar-refractivity contribution >= 4 is 52.9 Å². The predicted octanol–water partition coefficient (Wildman–Crippen LogP) is 4.44. The van der Waals surface area contributed by atoms with Gasteiger partial charge in [-0.1, -0.05) is 47.3 Å². The van der Waals surface area contributed by atoms with E-state index < -0.39 is 36.2 Å². The molecule has 2 amide bonds. The molecule has 1 fully saturated rings. The Morgan fingerprint density at radius 3 is 2.71 bits per heavy atom. The summed E-state index contributed by atoms with van der Waals surface area (Å²) in [4.78, 5) is 30.0. The number of hydrogen-bond acceptors (Lipinski definition) is 5. The number of carbonyl (C=O) groups excluding carboxylic acids is 1. The number of amidine groups is 1. The molecule has 11 heteroatoms. The summed E-state index contributed by atoms with van der Waals surface area (Å²) < 4.78 is 20.1. The predicted molar refractivity (Wildman–Crippen MR) is 125 cm³/mol. The summed E-state index contributed by atoms with van der Waals surface area (Å²) in [6.07, 6.45) is -0.859. The van der Waals surface area contributed by atoms with Crippen molar-refractivity contribution in [2.45, 2.75) is 49.3 Å². The lowest BCUT2D eigenvalue weighted by atomic mass is 9.85. The number of fused-ring (bicyclic) bond motifs is 1. The van der Waals surface area contributed by atoms with Gasteiger partial charge in [0.25, 0.3) is 0 Å². The number of carboxylic acid groups (broad SMARTS) is 1. The number of halogens is 2. The number of benzene rings is 1. The number of nitrogens with two attached hydrogens (primary N) is 1. The van der Waals surface area contributed by atoms with E-state index >= 15 is 0 Å². The van der Waals surface area contributed by atoms with Gasteiger partial charge < -0.3 is 15.6 Å². The van der Waals surface area contributed by atoms with E-state index in [0.717, 1.165) is 22.7 Å². The van der Waals surface area contributed by atoms with Crippen LogP contribution in [0.5, 0.6) is 0 Å². The van der Waals surface area contributed by atoms with E-state index in [1.165, 1.54) is 6.07 Å². The van der Waals surface area contributed by atoms with E-state index in [2.05, 4.69) is 40.6 Å². The summed E-state index contributed by atoms with van der Waals surface area (Å²) in [6, 6.07) is 5.40. The molecule has 0 bridgehead atoms. The summed E-state index contributed by atoms with van der Waals surface area (Å²) >= 11 is 4.39. The van der Waals surface area contributed by atoms with Gasteiger partial charge in [0.1, 0.15) is 17.3 Å². The maximum Gasteiger partial charge on any atom is 0.415 e. The highest BCUT2D eigenvalue weighted by molar-refractivity contribution is 9.10. The fourth-order valence-corrected chi connectivity index (χ4v) is 6.41. The van der Waals surface area contributed by atoms with Crippen LogP contribution >= 0.6 is 27.7 Å². The first kappa shape index (κ1) is 24.2. The summed E-state index contributed by atoms with van der Waals surface area (Å²) in [6.45, 7) is 8.54. The van der Waals surface area contributed by atoms with Gasteiger partial charge in [-0.3, -0.25) is 9.79 Å². The van der Waals surface area contributed by atoms with Gasteiger partial charge in [0.15, 0.2) is 5.17 Å². The minimum Gasteiger partial charge on any atom is -0.465 e. The zero-order chi connectivity index (χ0) is 23.2. The van der Waals surface area contributed by atoms with Crippen molar-refractivity contribution in [2.75, 3.05) is 13.3 Å². The number of nitrogens with zero attached hydrogens (tertiary/aromatic N) is 2. The molecule has 1 aromatic carbocycles. The molecular weight excluding hydrogens is 505 g/mol. The fourth-order valence-electron chi connectivity index (χ4n) is 3.77. The van der Waals surface area contributed by atoms with Crippen LogP contribution in [0.15, 0.2) is 27.7 Å². The number of aliphatic imine (C=N–C) groups is 1. The Bertz CT molecular complexity index is 943. The lowest BCUT2D eigenvalue weighted by molar-refractivity contribution is -0.118. The van der Waals surface area contributed by atoms with Crippen molar-refractivity contribution in [2.24, 2.45) is 16.6 Å². The smallest absolute Gasteiger partial charge is 0.415 e. The first-order valence-electron chi connectivity index (χ1n) is 9.93. The Balaban J connectivity index is 1.96. The molecular formula is C20H27BrFN3O4SSi. The number of thioether (sulfide) groups is 1. The first-order valence-corrected chi connectivity index (χ1v) is 15.2. The summed E-state index contributed by atoms with van der Waals surface area (Å²) in [7, 11) is -1.34. The maximum absolute atomic E-state index is 14.8. The number of carbonyl (C=O) groups is 2. The van der Waals surface area contributed by atoms with Crippen molar-refractivity contribution in [3.05, 3.63) is 34.1 Å². The lowest BCUT2D eigenvalue weighted by Crippen LogP contribution is -2.46.